The molecule has 1 aliphatic rings. The molecule has 1 rings (SSSR count). The number of nitrogens with one attached hydrogen (secondary N) is 2. The average Bonchev–Trinajstić information content (AvgIpc) is 2.74. The molecule has 0 spiro atoms. The number of hydrogen-bond acceptors (Lipinski definition) is 3. The SMILES string of the molecule is CCNCC(C)C(=O)NC1CCCC1SCC. The Balaban J connectivity index is 2.33. The maximum absolute atomic E-state index is 12.0. The second-order valence-corrected chi connectivity index (χ2v) is 6.26. The van der Waals surface area contributed by atoms with Crippen LogP contribution in [0.4, 0.5) is 0 Å². The van der Waals surface area contributed by atoms with Crippen LogP contribution in [0.3, 0.4) is 0 Å². The Morgan fingerprint density at radius 2 is 2.18 bits per heavy atom. The van der Waals surface area contributed by atoms with E-state index in [9.17, 15) is 4.79 Å². The van der Waals surface area contributed by atoms with Crippen molar-refractivity contribution in [3.8, 4) is 0 Å². The van der Waals surface area contributed by atoms with Crippen LogP contribution in [0.25, 0.3) is 0 Å². The predicted molar refractivity (Wildman–Crippen MR) is 75.4 cm³/mol. The van der Waals surface area contributed by atoms with Crippen molar-refractivity contribution < 1.29 is 4.79 Å². The molecule has 100 valence electrons. The van der Waals surface area contributed by atoms with Crippen molar-refractivity contribution in [3.63, 3.8) is 0 Å². The van der Waals surface area contributed by atoms with E-state index in [4.69, 9.17) is 0 Å². The molecule has 1 saturated carbocycles. The van der Waals surface area contributed by atoms with Crippen LogP contribution in [0.1, 0.15) is 40.0 Å². The standard InChI is InChI=1S/C13H26N2OS/c1-4-14-9-10(3)13(16)15-11-7-6-8-12(11)17-5-2/h10-12,14H,4-9H2,1-3H3,(H,15,16). The summed E-state index contributed by atoms with van der Waals surface area (Å²) in [6.45, 7) is 7.95. The van der Waals surface area contributed by atoms with Crippen LogP contribution >= 0.6 is 11.8 Å². The molecule has 0 bridgehead atoms. The van der Waals surface area contributed by atoms with E-state index in [2.05, 4.69) is 24.5 Å². The molecule has 0 aliphatic heterocycles. The Hall–Kier alpha value is -0.220. The van der Waals surface area contributed by atoms with Crippen molar-refractivity contribution >= 4 is 17.7 Å². The minimum absolute atomic E-state index is 0.0721. The third-order valence-electron chi connectivity index (χ3n) is 3.31. The van der Waals surface area contributed by atoms with E-state index in [0.29, 0.717) is 11.3 Å². The van der Waals surface area contributed by atoms with Crippen LogP contribution in [0.5, 0.6) is 0 Å². The molecular formula is C13H26N2OS. The summed E-state index contributed by atoms with van der Waals surface area (Å²) < 4.78 is 0. The third kappa shape index (κ3) is 4.88. The Kier molecular flexibility index (Phi) is 6.97. The fourth-order valence-electron chi connectivity index (χ4n) is 2.28. The lowest BCUT2D eigenvalue weighted by Gasteiger charge is -2.22. The summed E-state index contributed by atoms with van der Waals surface area (Å²) in [6.07, 6.45) is 3.66. The fraction of sp³-hybridized carbons (Fsp3) is 0.923. The molecule has 4 heteroatoms. The average molecular weight is 258 g/mol. The van der Waals surface area contributed by atoms with Crippen molar-refractivity contribution in [1.29, 1.82) is 0 Å². The van der Waals surface area contributed by atoms with E-state index in [1.165, 1.54) is 12.8 Å². The van der Waals surface area contributed by atoms with Gasteiger partial charge in [0.2, 0.25) is 5.91 Å². The first kappa shape index (κ1) is 14.8. The highest BCUT2D eigenvalue weighted by Gasteiger charge is 2.29. The zero-order chi connectivity index (χ0) is 12.7. The summed E-state index contributed by atoms with van der Waals surface area (Å²) in [6, 6.07) is 0.400. The van der Waals surface area contributed by atoms with E-state index in [-0.39, 0.29) is 11.8 Å². The van der Waals surface area contributed by atoms with Crippen molar-refractivity contribution in [3.05, 3.63) is 0 Å². The molecule has 1 aliphatic carbocycles. The van der Waals surface area contributed by atoms with Crippen LogP contribution in [0.2, 0.25) is 0 Å². The van der Waals surface area contributed by atoms with E-state index in [1.807, 2.05) is 18.7 Å². The van der Waals surface area contributed by atoms with Crippen LogP contribution in [-0.2, 0) is 4.79 Å². The second-order valence-electron chi connectivity index (χ2n) is 4.75. The lowest BCUT2D eigenvalue weighted by molar-refractivity contribution is -0.125. The number of hydrogen-bond donors (Lipinski definition) is 2. The Morgan fingerprint density at radius 3 is 2.82 bits per heavy atom. The zero-order valence-corrected chi connectivity index (χ0v) is 12.1. The smallest absolute Gasteiger partial charge is 0.224 e. The molecule has 1 fully saturated rings. The van der Waals surface area contributed by atoms with Crippen LogP contribution in [0.15, 0.2) is 0 Å². The van der Waals surface area contributed by atoms with E-state index in [0.717, 1.165) is 25.3 Å². The molecule has 2 N–H and O–H groups in total. The second kappa shape index (κ2) is 7.98. The molecule has 0 radical (unpaired) electrons. The number of amides is 1. The molecule has 0 aromatic carbocycles. The number of thioether (sulfide) groups is 1. The Labute approximate surface area is 109 Å². The predicted octanol–water partition coefficient (Wildman–Crippen LogP) is 2.02. The number of carbonyl (C=O) groups is 1. The van der Waals surface area contributed by atoms with Crippen molar-refractivity contribution in [2.24, 2.45) is 5.92 Å². The van der Waals surface area contributed by atoms with Gasteiger partial charge in [-0.25, -0.2) is 0 Å². The fourth-order valence-corrected chi connectivity index (χ4v) is 3.48. The lowest BCUT2D eigenvalue weighted by Crippen LogP contribution is -2.43. The van der Waals surface area contributed by atoms with Gasteiger partial charge < -0.3 is 10.6 Å². The molecule has 0 saturated heterocycles. The van der Waals surface area contributed by atoms with Crippen LogP contribution in [0, 0.1) is 5.92 Å². The molecule has 3 atom stereocenters. The largest absolute Gasteiger partial charge is 0.352 e. The van der Waals surface area contributed by atoms with Gasteiger partial charge in [0.1, 0.15) is 0 Å². The molecule has 3 nitrogen and oxygen atoms in total. The summed E-state index contributed by atoms with van der Waals surface area (Å²) in [5.74, 6) is 1.42. The van der Waals surface area contributed by atoms with Crippen molar-refractivity contribution in [1.82, 2.24) is 10.6 Å². The minimum atomic E-state index is 0.0721. The van der Waals surface area contributed by atoms with Crippen LogP contribution < -0.4 is 10.6 Å². The highest BCUT2D eigenvalue weighted by atomic mass is 32.2. The highest BCUT2D eigenvalue weighted by molar-refractivity contribution is 7.99. The normalized spacial score (nSPS) is 25.8. The quantitative estimate of drug-likeness (QED) is 0.734. The van der Waals surface area contributed by atoms with Gasteiger partial charge in [0, 0.05) is 23.8 Å². The van der Waals surface area contributed by atoms with Gasteiger partial charge in [-0.3, -0.25) is 4.79 Å². The summed E-state index contributed by atoms with van der Waals surface area (Å²) in [5, 5.41) is 7.08. The van der Waals surface area contributed by atoms with Gasteiger partial charge >= 0.3 is 0 Å². The van der Waals surface area contributed by atoms with Gasteiger partial charge in [-0.2, -0.15) is 11.8 Å². The molecule has 17 heavy (non-hydrogen) atoms. The van der Waals surface area contributed by atoms with Gasteiger partial charge in [-0.05, 0) is 25.1 Å². The molecule has 0 aromatic heterocycles. The number of carbonyl (C=O) groups excluding carboxylic acids is 1. The topological polar surface area (TPSA) is 41.1 Å². The minimum Gasteiger partial charge on any atom is -0.352 e. The maximum Gasteiger partial charge on any atom is 0.224 e. The van der Waals surface area contributed by atoms with E-state index in [1.54, 1.807) is 0 Å². The Bertz CT molecular complexity index is 235. The molecule has 3 unspecified atom stereocenters. The summed E-state index contributed by atoms with van der Waals surface area (Å²) in [7, 11) is 0. The third-order valence-corrected chi connectivity index (χ3v) is 4.63. The van der Waals surface area contributed by atoms with E-state index < -0.39 is 0 Å². The van der Waals surface area contributed by atoms with Gasteiger partial charge in [-0.15, -0.1) is 0 Å². The van der Waals surface area contributed by atoms with Crippen molar-refractivity contribution in [2.45, 2.75) is 51.3 Å². The first-order valence-corrected chi connectivity index (χ1v) is 7.86. The summed E-state index contributed by atoms with van der Waals surface area (Å²) in [4.78, 5) is 12.0. The van der Waals surface area contributed by atoms with Crippen molar-refractivity contribution in [2.75, 3.05) is 18.8 Å². The first-order chi connectivity index (χ1) is 8.19. The number of rotatable bonds is 7. The van der Waals surface area contributed by atoms with Gasteiger partial charge in [0.05, 0.1) is 0 Å². The molecule has 0 aromatic rings. The maximum atomic E-state index is 12.0. The lowest BCUT2D eigenvalue weighted by atomic mass is 10.1. The summed E-state index contributed by atoms with van der Waals surface area (Å²) >= 11 is 1.99. The first-order valence-electron chi connectivity index (χ1n) is 6.81. The molecular weight excluding hydrogens is 232 g/mol. The van der Waals surface area contributed by atoms with Gasteiger partial charge in [0.15, 0.2) is 0 Å². The van der Waals surface area contributed by atoms with E-state index >= 15 is 0 Å². The summed E-state index contributed by atoms with van der Waals surface area (Å²) in [5.41, 5.74) is 0. The zero-order valence-electron chi connectivity index (χ0n) is 11.3. The molecule has 1 amide bonds. The van der Waals surface area contributed by atoms with Gasteiger partial charge in [0.25, 0.3) is 0 Å². The Morgan fingerprint density at radius 1 is 1.41 bits per heavy atom. The monoisotopic (exact) mass is 258 g/mol. The van der Waals surface area contributed by atoms with Gasteiger partial charge in [-0.1, -0.05) is 27.2 Å². The molecule has 0 heterocycles. The van der Waals surface area contributed by atoms with Crippen LogP contribution in [-0.4, -0.2) is 36.0 Å². The highest BCUT2D eigenvalue weighted by Crippen LogP contribution is 2.29.